The Balaban J connectivity index is 2.69. The molecule has 1 aromatic carbocycles. The van der Waals surface area contributed by atoms with Gasteiger partial charge in [0.05, 0.1) is 0 Å². The van der Waals surface area contributed by atoms with Gasteiger partial charge in [0.15, 0.2) is 6.10 Å². The minimum absolute atomic E-state index is 0.0888. The average Bonchev–Trinajstić information content (AvgIpc) is 2.37. The van der Waals surface area contributed by atoms with Gasteiger partial charge in [-0.2, -0.15) is 0 Å². The Labute approximate surface area is 115 Å². The molecular formula is C15H24N2O2. The van der Waals surface area contributed by atoms with Crippen molar-refractivity contribution >= 4 is 5.91 Å². The number of rotatable bonds is 7. The van der Waals surface area contributed by atoms with Gasteiger partial charge in [0.2, 0.25) is 0 Å². The van der Waals surface area contributed by atoms with E-state index in [2.05, 4.69) is 24.5 Å². The summed E-state index contributed by atoms with van der Waals surface area (Å²) >= 11 is 0. The van der Waals surface area contributed by atoms with E-state index in [1.165, 1.54) is 0 Å². The highest BCUT2D eigenvalue weighted by atomic mass is 16.5. The summed E-state index contributed by atoms with van der Waals surface area (Å²) in [6.45, 7) is 9.20. The zero-order valence-electron chi connectivity index (χ0n) is 12.2. The third-order valence-electron chi connectivity index (χ3n) is 2.70. The van der Waals surface area contributed by atoms with E-state index < -0.39 is 6.10 Å². The number of ether oxygens (including phenoxy) is 1. The smallest absolute Gasteiger partial charge is 0.260 e. The van der Waals surface area contributed by atoms with Crippen LogP contribution < -0.4 is 15.4 Å². The van der Waals surface area contributed by atoms with Crippen LogP contribution >= 0.6 is 0 Å². The van der Waals surface area contributed by atoms with Gasteiger partial charge in [-0.3, -0.25) is 4.79 Å². The first-order valence-electron chi connectivity index (χ1n) is 6.80. The molecule has 1 amide bonds. The number of para-hydroxylation sites is 1. The number of nitrogens with one attached hydrogen (secondary N) is 2. The maximum absolute atomic E-state index is 11.7. The van der Waals surface area contributed by atoms with E-state index in [0.29, 0.717) is 12.6 Å². The Morgan fingerprint density at radius 1 is 1.26 bits per heavy atom. The molecular weight excluding hydrogens is 240 g/mol. The molecule has 106 valence electrons. The van der Waals surface area contributed by atoms with Gasteiger partial charge in [-0.05, 0) is 19.9 Å². The first-order chi connectivity index (χ1) is 9.04. The number of hydrogen-bond acceptors (Lipinski definition) is 3. The number of amides is 1. The number of benzene rings is 1. The fourth-order valence-electron chi connectivity index (χ4n) is 1.64. The lowest BCUT2D eigenvalue weighted by Crippen LogP contribution is -2.36. The highest BCUT2D eigenvalue weighted by Crippen LogP contribution is 2.19. The number of hydrogen-bond donors (Lipinski definition) is 2. The Kier molecular flexibility index (Phi) is 6.36. The number of carbonyl (C=O) groups is 1. The summed E-state index contributed by atoms with van der Waals surface area (Å²) in [6, 6.07) is 8.20. The predicted octanol–water partition coefficient (Wildman–Crippen LogP) is 2.09. The summed E-state index contributed by atoms with van der Waals surface area (Å²) in [7, 11) is 0. The minimum Gasteiger partial charge on any atom is -0.481 e. The lowest BCUT2D eigenvalue weighted by Gasteiger charge is -2.17. The molecule has 0 spiro atoms. The lowest BCUT2D eigenvalue weighted by atomic mass is 10.2. The molecule has 0 aliphatic rings. The van der Waals surface area contributed by atoms with Gasteiger partial charge in [0.1, 0.15) is 5.75 Å². The molecule has 4 nitrogen and oxygen atoms in total. The summed E-state index contributed by atoms with van der Waals surface area (Å²) in [6.07, 6.45) is -0.486. The summed E-state index contributed by atoms with van der Waals surface area (Å²) in [5, 5.41) is 6.10. The summed E-state index contributed by atoms with van der Waals surface area (Å²) < 4.78 is 5.74. The Morgan fingerprint density at radius 3 is 2.58 bits per heavy atom. The van der Waals surface area contributed by atoms with Crippen molar-refractivity contribution < 1.29 is 9.53 Å². The fourth-order valence-corrected chi connectivity index (χ4v) is 1.64. The molecule has 19 heavy (non-hydrogen) atoms. The van der Waals surface area contributed by atoms with E-state index in [1.54, 1.807) is 6.92 Å². The first-order valence-corrected chi connectivity index (χ1v) is 6.80. The van der Waals surface area contributed by atoms with Crippen molar-refractivity contribution in [1.82, 2.24) is 10.6 Å². The lowest BCUT2D eigenvalue weighted by molar-refractivity contribution is -0.127. The topological polar surface area (TPSA) is 50.4 Å². The van der Waals surface area contributed by atoms with Gasteiger partial charge in [-0.25, -0.2) is 0 Å². The Hall–Kier alpha value is -1.55. The second kappa shape index (κ2) is 7.79. The normalized spacial score (nSPS) is 12.3. The van der Waals surface area contributed by atoms with Crippen LogP contribution in [-0.4, -0.2) is 24.6 Å². The molecule has 0 aromatic heterocycles. The molecule has 0 bridgehead atoms. The average molecular weight is 264 g/mol. The summed E-state index contributed by atoms with van der Waals surface area (Å²) in [5.41, 5.74) is 1.06. The quantitative estimate of drug-likeness (QED) is 0.793. The van der Waals surface area contributed by atoms with E-state index in [9.17, 15) is 4.79 Å². The second-order valence-electron chi connectivity index (χ2n) is 4.80. The van der Waals surface area contributed by atoms with Crippen molar-refractivity contribution in [2.75, 3.05) is 6.54 Å². The third kappa shape index (κ3) is 5.30. The minimum atomic E-state index is -0.486. The molecule has 2 N–H and O–H groups in total. The molecule has 0 aliphatic heterocycles. The fraction of sp³-hybridized carbons (Fsp3) is 0.533. The molecule has 0 aliphatic carbocycles. The first kappa shape index (κ1) is 15.5. The maximum atomic E-state index is 11.7. The van der Waals surface area contributed by atoms with E-state index in [1.807, 2.05) is 31.2 Å². The Morgan fingerprint density at radius 2 is 1.95 bits per heavy atom. The molecule has 0 saturated heterocycles. The zero-order valence-corrected chi connectivity index (χ0v) is 12.2. The van der Waals surface area contributed by atoms with Crippen LogP contribution in [0, 0.1) is 0 Å². The van der Waals surface area contributed by atoms with Crippen LogP contribution in [0.1, 0.15) is 33.3 Å². The number of likely N-dealkylation sites (N-methyl/N-ethyl adjacent to an activating group) is 1. The van der Waals surface area contributed by atoms with Gasteiger partial charge >= 0.3 is 0 Å². The van der Waals surface area contributed by atoms with Gasteiger partial charge in [0.25, 0.3) is 5.91 Å². The standard InChI is InChI=1S/C15H24N2O2/c1-5-16-15(18)12(4)19-14-9-7-6-8-13(14)10-17-11(2)3/h6-9,11-12,17H,5,10H2,1-4H3,(H,16,18). The molecule has 0 fully saturated rings. The highest BCUT2D eigenvalue weighted by molar-refractivity contribution is 5.80. The van der Waals surface area contributed by atoms with Crippen molar-refractivity contribution in [1.29, 1.82) is 0 Å². The maximum Gasteiger partial charge on any atom is 0.260 e. The molecule has 4 heteroatoms. The van der Waals surface area contributed by atoms with Gasteiger partial charge in [0, 0.05) is 24.7 Å². The molecule has 0 heterocycles. The summed E-state index contributed by atoms with van der Waals surface area (Å²) in [4.78, 5) is 11.7. The van der Waals surface area contributed by atoms with Crippen LogP contribution in [0.3, 0.4) is 0 Å². The monoisotopic (exact) mass is 264 g/mol. The van der Waals surface area contributed by atoms with Crippen LogP contribution in [-0.2, 0) is 11.3 Å². The van der Waals surface area contributed by atoms with Crippen LogP contribution in [0.25, 0.3) is 0 Å². The van der Waals surface area contributed by atoms with Crippen LogP contribution in [0.2, 0.25) is 0 Å². The van der Waals surface area contributed by atoms with E-state index in [0.717, 1.165) is 17.9 Å². The van der Waals surface area contributed by atoms with Gasteiger partial charge in [-0.15, -0.1) is 0 Å². The van der Waals surface area contributed by atoms with Crippen LogP contribution in [0.4, 0.5) is 0 Å². The summed E-state index contributed by atoms with van der Waals surface area (Å²) in [5.74, 6) is 0.670. The molecule has 1 unspecified atom stereocenters. The second-order valence-corrected chi connectivity index (χ2v) is 4.80. The molecule has 1 aromatic rings. The number of carbonyl (C=O) groups excluding carboxylic acids is 1. The Bertz CT molecular complexity index is 405. The van der Waals surface area contributed by atoms with E-state index >= 15 is 0 Å². The van der Waals surface area contributed by atoms with Crippen molar-refractivity contribution in [2.24, 2.45) is 0 Å². The van der Waals surface area contributed by atoms with E-state index in [4.69, 9.17) is 4.74 Å². The van der Waals surface area contributed by atoms with Crippen molar-refractivity contribution in [3.05, 3.63) is 29.8 Å². The van der Waals surface area contributed by atoms with E-state index in [-0.39, 0.29) is 5.91 Å². The largest absolute Gasteiger partial charge is 0.481 e. The molecule has 0 radical (unpaired) electrons. The SMILES string of the molecule is CCNC(=O)C(C)Oc1ccccc1CNC(C)C. The van der Waals surface area contributed by atoms with Gasteiger partial charge < -0.3 is 15.4 Å². The van der Waals surface area contributed by atoms with Crippen molar-refractivity contribution in [3.8, 4) is 5.75 Å². The van der Waals surface area contributed by atoms with Crippen LogP contribution in [0.15, 0.2) is 24.3 Å². The zero-order chi connectivity index (χ0) is 14.3. The third-order valence-corrected chi connectivity index (χ3v) is 2.70. The molecule has 0 saturated carbocycles. The van der Waals surface area contributed by atoms with Crippen molar-refractivity contribution in [2.45, 2.75) is 46.4 Å². The molecule has 1 rings (SSSR count). The highest BCUT2D eigenvalue weighted by Gasteiger charge is 2.15. The molecule has 1 atom stereocenters. The predicted molar refractivity (Wildman–Crippen MR) is 77.2 cm³/mol. The van der Waals surface area contributed by atoms with Gasteiger partial charge in [-0.1, -0.05) is 32.0 Å². The van der Waals surface area contributed by atoms with Crippen LogP contribution in [0.5, 0.6) is 5.75 Å². The van der Waals surface area contributed by atoms with Crippen molar-refractivity contribution in [3.63, 3.8) is 0 Å².